The summed E-state index contributed by atoms with van der Waals surface area (Å²) in [5.74, 6) is -0.620. The van der Waals surface area contributed by atoms with Crippen molar-refractivity contribution >= 4 is 12.1 Å². The van der Waals surface area contributed by atoms with E-state index in [0.717, 1.165) is 13.0 Å². The fraction of sp³-hybridized carbons (Fsp3) is 0.800. The third-order valence-electron chi connectivity index (χ3n) is 2.03. The van der Waals surface area contributed by atoms with Crippen molar-refractivity contribution in [3.63, 3.8) is 0 Å². The van der Waals surface area contributed by atoms with E-state index in [0.29, 0.717) is 6.54 Å². The molecule has 1 atom stereocenters. The van der Waals surface area contributed by atoms with Crippen molar-refractivity contribution in [3.05, 3.63) is 0 Å². The molecule has 1 aliphatic heterocycles. The van der Waals surface area contributed by atoms with Gasteiger partial charge in [0, 0.05) is 6.54 Å². The molecule has 0 aliphatic carbocycles. The van der Waals surface area contributed by atoms with Crippen LogP contribution in [-0.2, 0) is 14.4 Å². The molecule has 1 rings (SSSR count). The van der Waals surface area contributed by atoms with Crippen LogP contribution in [0.5, 0.6) is 0 Å². The highest BCUT2D eigenvalue weighted by Crippen LogP contribution is 2.09. The summed E-state index contributed by atoms with van der Waals surface area (Å²) in [6.45, 7) is 6.58. The molecule has 0 aromatic rings. The highest BCUT2D eigenvalue weighted by molar-refractivity contribution is 5.75. The van der Waals surface area contributed by atoms with E-state index in [1.54, 1.807) is 20.8 Å². The SMILES string of the molecule is CC(C)(C)OC(=O)NOC(=O)C1CCNC1. The summed E-state index contributed by atoms with van der Waals surface area (Å²) in [5, 5.41) is 3.03. The number of ether oxygens (including phenoxy) is 1. The van der Waals surface area contributed by atoms with E-state index in [1.165, 1.54) is 0 Å². The van der Waals surface area contributed by atoms with E-state index < -0.39 is 17.7 Å². The standard InChI is InChI=1S/C10H18N2O4/c1-10(2,3)15-9(14)12-16-8(13)7-4-5-11-6-7/h7,11H,4-6H2,1-3H3,(H,12,14). The molecule has 1 unspecified atom stereocenters. The van der Waals surface area contributed by atoms with Crippen molar-refractivity contribution in [1.29, 1.82) is 0 Å². The number of rotatable bonds is 1. The van der Waals surface area contributed by atoms with Gasteiger partial charge in [0.1, 0.15) is 5.60 Å². The quantitative estimate of drug-likeness (QED) is 0.644. The van der Waals surface area contributed by atoms with Gasteiger partial charge in [-0.3, -0.25) is 0 Å². The molecule has 0 bridgehead atoms. The van der Waals surface area contributed by atoms with Gasteiger partial charge in [0.25, 0.3) is 0 Å². The smallest absolute Gasteiger partial charge is 0.441 e. The van der Waals surface area contributed by atoms with Crippen molar-refractivity contribution in [2.45, 2.75) is 32.8 Å². The van der Waals surface area contributed by atoms with Crippen LogP contribution in [0.2, 0.25) is 0 Å². The Morgan fingerprint density at radius 3 is 2.56 bits per heavy atom. The molecule has 16 heavy (non-hydrogen) atoms. The lowest BCUT2D eigenvalue weighted by Gasteiger charge is -2.19. The summed E-state index contributed by atoms with van der Waals surface area (Å²) in [6.07, 6.45) is -0.0266. The number of amides is 1. The Hall–Kier alpha value is -1.30. The van der Waals surface area contributed by atoms with E-state index in [-0.39, 0.29) is 5.92 Å². The normalized spacial score (nSPS) is 20.3. The van der Waals surface area contributed by atoms with Crippen LogP contribution in [0.25, 0.3) is 0 Å². The van der Waals surface area contributed by atoms with Crippen LogP contribution in [0.15, 0.2) is 0 Å². The van der Waals surface area contributed by atoms with Crippen molar-refractivity contribution in [3.8, 4) is 0 Å². The number of hydrogen-bond acceptors (Lipinski definition) is 5. The van der Waals surface area contributed by atoms with Crippen LogP contribution in [0.3, 0.4) is 0 Å². The zero-order chi connectivity index (χ0) is 12.2. The summed E-state index contributed by atoms with van der Waals surface area (Å²) >= 11 is 0. The molecule has 0 spiro atoms. The van der Waals surface area contributed by atoms with Crippen molar-refractivity contribution in [2.24, 2.45) is 5.92 Å². The molecule has 92 valence electrons. The molecular formula is C10H18N2O4. The molecule has 0 saturated carbocycles. The maximum atomic E-state index is 11.4. The maximum absolute atomic E-state index is 11.4. The molecule has 1 aliphatic rings. The van der Waals surface area contributed by atoms with Gasteiger partial charge >= 0.3 is 12.1 Å². The van der Waals surface area contributed by atoms with Gasteiger partial charge < -0.3 is 14.9 Å². The van der Waals surface area contributed by atoms with Gasteiger partial charge in [-0.2, -0.15) is 0 Å². The van der Waals surface area contributed by atoms with Crippen molar-refractivity contribution < 1.29 is 19.2 Å². The molecule has 0 aromatic carbocycles. The first-order valence-electron chi connectivity index (χ1n) is 5.29. The van der Waals surface area contributed by atoms with E-state index in [2.05, 4.69) is 10.2 Å². The van der Waals surface area contributed by atoms with Gasteiger partial charge in [0.05, 0.1) is 5.92 Å². The molecule has 1 amide bonds. The Morgan fingerprint density at radius 2 is 2.06 bits per heavy atom. The van der Waals surface area contributed by atoms with Crippen LogP contribution in [0.1, 0.15) is 27.2 Å². The summed E-state index contributed by atoms with van der Waals surface area (Å²) in [4.78, 5) is 27.2. The third kappa shape index (κ3) is 4.48. The highest BCUT2D eigenvalue weighted by Gasteiger charge is 2.25. The fourth-order valence-corrected chi connectivity index (χ4v) is 1.33. The Morgan fingerprint density at radius 1 is 1.38 bits per heavy atom. The molecule has 6 heteroatoms. The van der Waals surface area contributed by atoms with Crippen LogP contribution in [0.4, 0.5) is 4.79 Å². The van der Waals surface area contributed by atoms with E-state index in [9.17, 15) is 9.59 Å². The number of nitrogens with one attached hydrogen (secondary N) is 2. The van der Waals surface area contributed by atoms with Gasteiger partial charge in [-0.1, -0.05) is 0 Å². The summed E-state index contributed by atoms with van der Waals surface area (Å²) < 4.78 is 4.91. The van der Waals surface area contributed by atoms with Gasteiger partial charge in [-0.25, -0.2) is 9.59 Å². The van der Waals surface area contributed by atoms with Gasteiger partial charge in [-0.15, -0.1) is 5.48 Å². The molecular weight excluding hydrogens is 212 g/mol. The average Bonchev–Trinajstić information content (AvgIpc) is 2.64. The number of carbonyl (C=O) groups excluding carboxylic acids is 2. The second kappa shape index (κ2) is 5.16. The molecule has 1 saturated heterocycles. The second-order valence-electron chi connectivity index (χ2n) is 4.71. The summed E-state index contributed by atoms with van der Waals surface area (Å²) in [6, 6.07) is 0. The first-order valence-corrected chi connectivity index (χ1v) is 5.29. The maximum Gasteiger partial charge on any atom is 0.441 e. The highest BCUT2D eigenvalue weighted by atomic mass is 16.7. The molecule has 2 N–H and O–H groups in total. The lowest BCUT2D eigenvalue weighted by molar-refractivity contribution is -0.154. The largest absolute Gasteiger partial charge is 0.442 e. The predicted octanol–water partition coefficient (Wildman–Crippen LogP) is 0.579. The summed E-state index contributed by atoms with van der Waals surface area (Å²) in [7, 11) is 0. The third-order valence-corrected chi connectivity index (χ3v) is 2.03. The van der Waals surface area contributed by atoms with Crippen LogP contribution in [-0.4, -0.2) is 30.8 Å². The Balaban J connectivity index is 2.23. The Labute approximate surface area is 94.6 Å². The molecule has 1 heterocycles. The van der Waals surface area contributed by atoms with E-state index >= 15 is 0 Å². The monoisotopic (exact) mass is 230 g/mol. The minimum atomic E-state index is -0.758. The van der Waals surface area contributed by atoms with Crippen LogP contribution >= 0.6 is 0 Å². The topological polar surface area (TPSA) is 76.7 Å². The summed E-state index contributed by atoms with van der Waals surface area (Å²) in [5.41, 5.74) is 1.37. The van der Waals surface area contributed by atoms with Crippen LogP contribution in [0, 0.1) is 5.92 Å². The van der Waals surface area contributed by atoms with Crippen molar-refractivity contribution in [2.75, 3.05) is 13.1 Å². The zero-order valence-corrected chi connectivity index (χ0v) is 9.83. The van der Waals surface area contributed by atoms with Gasteiger partial charge in [0.2, 0.25) is 0 Å². The lowest BCUT2D eigenvalue weighted by Crippen LogP contribution is -2.35. The van der Waals surface area contributed by atoms with E-state index in [4.69, 9.17) is 4.74 Å². The molecule has 1 fully saturated rings. The Kier molecular flexibility index (Phi) is 4.12. The fourth-order valence-electron chi connectivity index (χ4n) is 1.33. The van der Waals surface area contributed by atoms with E-state index in [1.807, 2.05) is 5.48 Å². The minimum Gasteiger partial charge on any atom is -0.442 e. The number of hydroxylamine groups is 1. The molecule has 0 radical (unpaired) electrons. The Bertz CT molecular complexity index is 266. The first kappa shape index (κ1) is 12.8. The number of hydrogen-bond donors (Lipinski definition) is 2. The van der Waals surface area contributed by atoms with Gasteiger partial charge in [0.15, 0.2) is 0 Å². The predicted molar refractivity (Wildman–Crippen MR) is 56.4 cm³/mol. The average molecular weight is 230 g/mol. The molecule has 6 nitrogen and oxygen atoms in total. The second-order valence-corrected chi connectivity index (χ2v) is 4.71. The molecule has 0 aromatic heterocycles. The minimum absolute atomic E-state index is 0.185. The lowest BCUT2D eigenvalue weighted by atomic mass is 10.1. The first-order chi connectivity index (χ1) is 7.38. The number of carbonyl (C=O) groups is 2. The van der Waals surface area contributed by atoms with Crippen molar-refractivity contribution in [1.82, 2.24) is 10.8 Å². The van der Waals surface area contributed by atoms with Gasteiger partial charge in [-0.05, 0) is 33.7 Å². The zero-order valence-electron chi connectivity index (χ0n) is 9.83. The van der Waals surface area contributed by atoms with Crippen LogP contribution < -0.4 is 10.8 Å².